The molecule has 1 saturated carbocycles. The summed E-state index contributed by atoms with van der Waals surface area (Å²) in [6.45, 7) is 2.21. The summed E-state index contributed by atoms with van der Waals surface area (Å²) >= 11 is 0. The molecule has 1 aromatic rings. The van der Waals surface area contributed by atoms with Gasteiger partial charge in [-0.1, -0.05) is 12.2 Å². The molecule has 80 valence electrons. The lowest BCUT2D eigenvalue weighted by atomic mass is 9.71. The third-order valence-electron chi connectivity index (χ3n) is 3.85. The SMILES string of the molecule is CC(NC1CC2CC=CC21)c1cn[nH]c1. The number of aromatic amines is 1. The minimum absolute atomic E-state index is 0.406. The summed E-state index contributed by atoms with van der Waals surface area (Å²) in [4.78, 5) is 0. The van der Waals surface area contributed by atoms with Crippen LogP contribution in [-0.4, -0.2) is 16.2 Å². The minimum atomic E-state index is 0.406. The lowest BCUT2D eigenvalue weighted by Crippen LogP contribution is -2.48. The van der Waals surface area contributed by atoms with E-state index in [1.54, 1.807) is 0 Å². The fraction of sp³-hybridized carbons (Fsp3) is 0.583. The molecule has 0 aliphatic heterocycles. The van der Waals surface area contributed by atoms with Crippen molar-refractivity contribution >= 4 is 0 Å². The van der Waals surface area contributed by atoms with Gasteiger partial charge in [0.2, 0.25) is 0 Å². The summed E-state index contributed by atoms with van der Waals surface area (Å²) in [5.41, 5.74) is 1.25. The third kappa shape index (κ3) is 1.51. The lowest BCUT2D eigenvalue weighted by molar-refractivity contribution is 0.152. The zero-order chi connectivity index (χ0) is 10.3. The Morgan fingerprint density at radius 2 is 2.53 bits per heavy atom. The maximum Gasteiger partial charge on any atom is 0.0534 e. The Morgan fingerprint density at radius 3 is 3.27 bits per heavy atom. The Bertz CT molecular complexity index is 355. The zero-order valence-electron chi connectivity index (χ0n) is 8.98. The predicted molar refractivity (Wildman–Crippen MR) is 59.3 cm³/mol. The van der Waals surface area contributed by atoms with Gasteiger partial charge in [-0.15, -0.1) is 0 Å². The number of rotatable bonds is 3. The number of aromatic nitrogens is 2. The Labute approximate surface area is 90.0 Å². The van der Waals surface area contributed by atoms with Gasteiger partial charge in [0.1, 0.15) is 0 Å². The molecular weight excluding hydrogens is 186 g/mol. The number of hydrogen-bond acceptors (Lipinski definition) is 2. The van der Waals surface area contributed by atoms with E-state index >= 15 is 0 Å². The Morgan fingerprint density at radius 1 is 1.60 bits per heavy atom. The molecule has 2 N–H and O–H groups in total. The second-order valence-corrected chi connectivity index (χ2v) is 4.76. The van der Waals surface area contributed by atoms with E-state index in [1.807, 2.05) is 12.4 Å². The van der Waals surface area contributed by atoms with E-state index in [0.717, 1.165) is 11.8 Å². The van der Waals surface area contributed by atoms with Crippen LogP contribution in [0.5, 0.6) is 0 Å². The first-order valence-electron chi connectivity index (χ1n) is 5.76. The molecule has 2 aliphatic carbocycles. The average molecular weight is 203 g/mol. The predicted octanol–water partition coefficient (Wildman–Crippen LogP) is 2.02. The Balaban J connectivity index is 1.60. The summed E-state index contributed by atoms with van der Waals surface area (Å²) in [6.07, 6.45) is 11.2. The molecule has 0 spiro atoms. The highest BCUT2D eigenvalue weighted by Gasteiger charge is 2.41. The van der Waals surface area contributed by atoms with Gasteiger partial charge in [0.15, 0.2) is 0 Å². The molecule has 3 heteroatoms. The van der Waals surface area contributed by atoms with Crippen LogP contribution in [0.4, 0.5) is 0 Å². The van der Waals surface area contributed by atoms with Crippen LogP contribution in [0.25, 0.3) is 0 Å². The minimum Gasteiger partial charge on any atom is -0.307 e. The number of hydrogen-bond donors (Lipinski definition) is 2. The molecular formula is C12H17N3. The normalized spacial score (nSPS) is 34.9. The van der Waals surface area contributed by atoms with Gasteiger partial charge in [0, 0.05) is 23.8 Å². The molecule has 0 aromatic carbocycles. The van der Waals surface area contributed by atoms with Gasteiger partial charge in [-0.2, -0.15) is 5.10 Å². The van der Waals surface area contributed by atoms with Gasteiger partial charge >= 0.3 is 0 Å². The van der Waals surface area contributed by atoms with Crippen molar-refractivity contribution in [3.8, 4) is 0 Å². The molecule has 1 aromatic heterocycles. The van der Waals surface area contributed by atoms with Crippen molar-refractivity contribution in [2.75, 3.05) is 0 Å². The topological polar surface area (TPSA) is 40.7 Å². The van der Waals surface area contributed by atoms with Crippen LogP contribution >= 0.6 is 0 Å². The summed E-state index contributed by atoms with van der Waals surface area (Å²) in [7, 11) is 0. The number of nitrogens with one attached hydrogen (secondary N) is 2. The molecule has 0 bridgehead atoms. The molecule has 1 heterocycles. The van der Waals surface area contributed by atoms with E-state index in [9.17, 15) is 0 Å². The van der Waals surface area contributed by atoms with E-state index < -0.39 is 0 Å². The summed E-state index contributed by atoms with van der Waals surface area (Å²) in [5, 5.41) is 10.5. The van der Waals surface area contributed by atoms with Crippen LogP contribution in [0, 0.1) is 11.8 Å². The molecule has 0 radical (unpaired) electrons. The first kappa shape index (κ1) is 9.16. The summed E-state index contributed by atoms with van der Waals surface area (Å²) < 4.78 is 0. The molecule has 4 atom stereocenters. The second-order valence-electron chi connectivity index (χ2n) is 4.76. The number of nitrogens with zero attached hydrogens (tertiary/aromatic N) is 1. The van der Waals surface area contributed by atoms with Crippen molar-refractivity contribution in [1.82, 2.24) is 15.5 Å². The Kier molecular flexibility index (Phi) is 2.13. The standard InChI is InChI=1S/C12H17N3/c1-8(10-6-13-14-7-10)15-12-5-9-3-2-4-11(9)12/h2,4,6-9,11-12,15H,3,5H2,1H3,(H,13,14). The van der Waals surface area contributed by atoms with Gasteiger partial charge in [-0.3, -0.25) is 5.10 Å². The van der Waals surface area contributed by atoms with Crippen molar-refractivity contribution in [2.24, 2.45) is 11.8 Å². The van der Waals surface area contributed by atoms with Crippen LogP contribution in [0.1, 0.15) is 31.4 Å². The summed E-state index contributed by atoms with van der Waals surface area (Å²) in [6, 6.07) is 1.09. The fourth-order valence-electron chi connectivity index (χ4n) is 2.82. The van der Waals surface area contributed by atoms with Crippen molar-refractivity contribution in [3.05, 3.63) is 30.1 Å². The maximum atomic E-state index is 3.98. The van der Waals surface area contributed by atoms with Crippen LogP contribution in [0.3, 0.4) is 0 Å². The highest BCUT2D eigenvalue weighted by Crippen LogP contribution is 2.43. The Hall–Kier alpha value is -1.09. The number of fused-ring (bicyclic) bond motifs is 1. The molecule has 0 amide bonds. The lowest BCUT2D eigenvalue weighted by Gasteiger charge is -2.42. The van der Waals surface area contributed by atoms with E-state index in [-0.39, 0.29) is 0 Å². The van der Waals surface area contributed by atoms with Crippen LogP contribution < -0.4 is 5.32 Å². The molecule has 0 saturated heterocycles. The van der Waals surface area contributed by atoms with Crippen LogP contribution in [0.2, 0.25) is 0 Å². The van der Waals surface area contributed by atoms with E-state index in [1.165, 1.54) is 18.4 Å². The quantitative estimate of drug-likeness (QED) is 0.738. The largest absolute Gasteiger partial charge is 0.307 e. The van der Waals surface area contributed by atoms with E-state index in [0.29, 0.717) is 12.1 Å². The van der Waals surface area contributed by atoms with E-state index in [2.05, 4.69) is 34.6 Å². The van der Waals surface area contributed by atoms with E-state index in [4.69, 9.17) is 0 Å². The van der Waals surface area contributed by atoms with Gasteiger partial charge in [0.05, 0.1) is 6.20 Å². The third-order valence-corrected chi connectivity index (χ3v) is 3.85. The maximum absolute atomic E-state index is 3.98. The van der Waals surface area contributed by atoms with Gasteiger partial charge in [-0.05, 0) is 31.6 Å². The van der Waals surface area contributed by atoms with Crippen LogP contribution in [0.15, 0.2) is 24.5 Å². The second kappa shape index (κ2) is 3.49. The number of allylic oxidation sites excluding steroid dienone is 1. The molecule has 3 rings (SSSR count). The average Bonchev–Trinajstić information content (AvgIpc) is 2.82. The van der Waals surface area contributed by atoms with Crippen molar-refractivity contribution < 1.29 is 0 Å². The van der Waals surface area contributed by atoms with Crippen molar-refractivity contribution in [3.63, 3.8) is 0 Å². The molecule has 4 unspecified atom stereocenters. The fourth-order valence-corrected chi connectivity index (χ4v) is 2.82. The molecule has 2 aliphatic rings. The summed E-state index contributed by atoms with van der Waals surface area (Å²) in [5.74, 6) is 1.72. The number of H-pyrrole nitrogens is 1. The van der Waals surface area contributed by atoms with Gasteiger partial charge in [-0.25, -0.2) is 0 Å². The van der Waals surface area contributed by atoms with Gasteiger partial charge in [0.25, 0.3) is 0 Å². The van der Waals surface area contributed by atoms with Gasteiger partial charge < -0.3 is 5.32 Å². The highest BCUT2D eigenvalue weighted by molar-refractivity contribution is 5.15. The van der Waals surface area contributed by atoms with Crippen LogP contribution in [-0.2, 0) is 0 Å². The van der Waals surface area contributed by atoms with Crippen molar-refractivity contribution in [1.29, 1.82) is 0 Å². The first-order chi connectivity index (χ1) is 7.34. The molecule has 1 fully saturated rings. The first-order valence-corrected chi connectivity index (χ1v) is 5.76. The molecule has 15 heavy (non-hydrogen) atoms. The highest BCUT2D eigenvalue weighted by atomic mass is 15.1. The van der Waals surface area contributed by atoms with Crippen molar-refractivity contribution in [2.45, 2.75) is 31.8 Å². The molecule has 3 nitrogen and oxygen atoms in total. The zero-order valence-corrected chi connectivity index (χ0v) is 8.98. The smallest absolute Gasteiger partial charge is 0.0534 e. The monoisotopic (exact) mass is 203 g/mol.